The summed E-state index contributed by atoms with van der Waals surface area (Å²) in [4.78, 5) is 23.0. The molecule has 0 saturated carbocycles. The van der Waals surface area contributed by atoms with Gasteiger partial charge in [-0.25, -0.2) is 11.7 Å². The molecule has 0 radical (unpaired) electrons. The molecular weight excluding hydrogens is 468 g/mol. The molecule has 1 aliphatic rings. The second-order valence-corrected chi connectivity index (χ2v) is 8.60. The van der Waals surface area contributed by atoms with Crippen LogP contribution in [0.4, 0.5) is 0 Å². The zero-order valence-electron chi connectivity index (χ0n) is 19.9. The molecule has 0 atom stereocenters. The SMILES string of the molecule is NNC(=O)COc1ccc(C2(c3ccc(OCC(=O)NN)cc3)c3ccccc3-c3ccccc32)cc1. The minimum Gasteiger partial charge on any atom is -0.484 e. The maximum atomic E-state index is 11.5. The molecule has 37 heavy (non-hydrogen) atoms. The van der Waals surface area contributed by atoms with E-state index >= 15 is 0 Å². The lowest BCUT2D eigenvalue weighted by atomic mass is 9.68. The molecule has 2 amide bonds. The molecule has 1 aliphatic carbocycles. The predicted octanol–water partition coefficient (Wildman–Crippen LogP) is 2.79. The van der Waals surface area contributed by atoms with Crippen LogP contribution in [0.5, 0.6) is 11.5 Å². The Hall–Kier alpha value is -4.66. The first-order valence-corrected chi connectivity index (χ1v) is 11.7. The zero-order chi connectivity index (χ0) is 25.8. The van der Waals surface area contributed by atoms with Gasteiger partial charge in [-0.3, -0.25) is 20.4 Å². The molecule has 0 spiro atoms. The second kappa shape index (κ2) is 10.1. The van der Waals surface area contributed by atoms with Gasteiger partial charge >= 0.3 is 0 Å². The molecule has 6 N–H and O–H groups in total. The van der Waals surface area contributed by atoms with Crippen molar-refractivity contribution in [3.05, 3.63) is 119 Å². The topological polar surface area (TPSA) is 129 Å². The molecule has 0 saturated heterocycles. The first kappa shape index (κ1) is 24.1. The molecule has 5 rings (SSSR count). The Labute approximate surface area is 214 Å². The van der Waals surface area contributed by atoms with Crippen molar-refractivity contribution < 1.29 is 19.1 Å². The maximum absolute atomic E-state index is 11.5. The number of nitrogens with two attached hydrogens (primary N) is 2. The minimum absolute atomic E-state index is 0.170. The molecule has 8 heteroatoms. The fraction of sp³-hybridized carbons (Fsp3) is 0.103. The van der Waals surface area contributed by atoms with Crippen LogP contribution < -0.4 is 32.0 Å². The molecule has 0 heterocycles. The molecule has 4 aromatic carbocycles. The van der Waals surface area contributed by atoms with Crippen molar-refractivity contribution in [2.75, 3.05) is 13.2 Å². The van der Waals surface area contributed by atoms with Crippen molar-refractivity contribution in [3.63, 3.8) is 0 Å². The Morgan fingerprint density at radius 2 is 0.973 bits per heavy atom. The molecule has 0 aromatic heterocycles. The third kappa shape index (κ3) is 4.29. The Morgan fingerprint density at radius 1 is 0.595 bits per heavy atom. The van der Waals surface area contributed by atoms with E-state index in [-0.39, 0.29) is 13.2 Å². The van der Waals surface area contributed by atoms with E-state index in [9.17, 15) is 9.59 Å². The highest BCUT2D eigenvalue weighted by molar-refractivity contribution is 5.86. The van der Waals surface area contributed by atoms with E-state index in [1.807, 2.05) is 72.8 Å². The highest BCUT2D eigenvalue weighted by Gasteiger charge is 2.45. The number of hydrogen-bond acceptors (Lipinski definition) is 6. The fourth-order valence-corrected chi connectivity index (χ4v) is 5.01. The van der Waals surface area contributed by atoms with Crippen molar-refractivity contribution in [2.45, 2.75) is 5.41 Å². The number of carbonyl (C=O) groups excluding carboxylic acids is 2. The molecule has 0 bridgehead atoms. The van der Waals surface area contributed by atoms with Gasteiger partial charge in [-0.15, -0.1) is 0 Å². The van der Waals surface area contributed by atoms with Gasteiger partial charge in [0.05, 0.1) is 5.41 Å². The molecule has 186 valence electrons. The van der Waals surface area contributed by atoms with E-state index < -0.39 is 17.2 Å². The number of nitrogens with one attached hydrogen (secondary N) is 2. The third-order valence-electron chi connectivity index (χ3n) is 6.59. The van der Waals surface area contributed by atoms with Gasteiger partial charge in [0.1, 0.15) is 11.5 Å². The largest absolute Gasteiger partial charge is 0.484 e. The van der Waals surface area contributed by atoms with Crippen molar-refractivity contribution in [3.8, 4) is 22.6 Å². The van der Waals surface area contributed by atoms with Crippen molar-refractivity contribution in [2.24, 2.45) is 11.7 Å². The summed E-state index contributed by atoms with van der Waals surface area (Å²) < 4.78 is 11.1. The quantitative estimate of drug-likeness (QED) is 0.149. The summed E-state index contributed by atoms with van der Waals surface area (Å²) >= 11 is 0. The van der Waals surface area contributed by atoms with Crippen LogP contribution in [0.15, 0.2) is 97.1 Å². The maximum Gasteiger partial charge on any atom is 0.271 e. The third-order valence-corrected chi connectivity index (χ3v) is 6.59. The predicted molar refractivity (Wildman–Crippen MR) is 139 cm³/mol. The van der Waals surface area contributed by atoms with E-state index in [4.69, 9.17) is 21.2 Å². The number of hydrazine groups is 2. The highest BCUT2D eigenvalue weighted by Crippen LogP contribution is 2.56. The van der Waals surface area contributed by atoms with Crippen LogP contribution in [0.1, 0.15) is 22.3 Å². The standard InChI is InChI=1S/C29H26N4O4/c30-32-27(34)17-36-21-13-9-19(10-14-21)29(20-11-15-22(16-12-20)37-18-28(35)33-31)25-7-3-1-5-23(25)24-6-2-4-8-26(24)29/h1-16H,17-18,30-31H2,(H,32,34)(H,33,35). The van der Waals surface area contributed by atoms with Crippen LogP contribution in [0.25, 0.3) is 11.1 Å². The second-order valence-electron chi connectivity index (χ2n) is 8.60. The smallest absolute Gasteiger partial charge is 0.271 e. The van der Waals surface area contributed by atoms with Gasteiger partial charge in [-0.2, -0.15) is 0 Å². The number of benzene rings is 4. The first-order valence-electron chi connectivity index (χ1n) is 11.7. The van der Waals surface area contributed by atoms with Crippen LogP contribution in [-0.4, -0.2) is 25.0 Å². The van der Waals surface area contributed by atoms with Gasteiger partial charge < -0.3 is 9.47 Å². The average Bonchev–Trinajstić information content (AvgIpc) is 3.26. The number of carbonyl (C=O) groups is 2. The minimum atomic E-state index is -0.604. The summed E-state index contributed by atoms with van der Waals surface area (Å²) in [6.07, 6.45) is 0. The van der Waals surface area contributed by atoms with Crippen LogP contribution in [0.3, 0.4) is 0 Å². The Balaban J connectivity index is 1.62. The summed E-state index contributed by atoms with van der Waals surface area (Å²) in [5, 5.41) is 0. The fourth-order valence-electron chi connectivity index (χ4n) is 5.01. The summed E-state index contributed by atoms with van der Waals surface area (Å²) in [7, 11) is 0. The van der Waals surface area contributed by atoms with Crippen LogP contribution in [-0.2, 0) is 15.0 Å². The van der Waals surface area contributed by atoms with Crippen LogP contribution in [0, 0.1) is 0 Å². The van der Waals surface area contributed by atoms with Crippen molar-refractivity contribution in [1.29, 1.82) is 0 Å². The number of amides is 2. The monoisotopic (exact) mass is 494 g/mol. The lowest BCUT2D eigenvalue weighted by Crippen LogP contribution is -2.34. The summed E-state index contributed by atoms with van der Waals surface area (Å²) in [6, 6.07) is 32.3. The Kier molecular flexibility index (Phi) is 6.59. The molecular formula is C29H26N4O4. The number of fused-ring (bicyclic) bond motifs is 3. The van der Waals surface area contributed by atoms with Crippen molar-refractivity contribution in [1.82, 2.24) is 10.9 Å². The van der Waals surface area contributed by atoms with E-state index in [2.05, 4.69) is 35.1 Å². The molecule has 0 fully saturated rings. The molecule has 8 nitrogen and oxygen atoms in total. The number of rotatable bonds is 8. The van der Waals surface area contributed by atoms with Gasteiger partial charge in [-0.05, 0) is 57.6 Å². The van der Waals surface area contributed by atoms with Gasteiger partial charge in [-0.1, -0.05) is 72.8 Å². The highest BCUT2D eigenvalue weighted by atomic mass is 16.5. The van der Waals surface area contributed by atoms with Gasteiger partial charge in [0.2, 0.25) is 0 Å². The zero-order valence-corrected chi connectivity index (χ0v) is 19.9. The number of ether oxygens (including phenoxy) is 2. The Bertz CT molecular complexity index is 1320. The summed E-state index contributed by atoms with van der Waals surface area (Å²) in [5.41, 5.74) is 10.2. The van der Waals surface area contributed by atoms with Crippen molar-refractivity contribution >= 4 is 11.8 Å². The lowest BCUT2D eigenvalue weighted by Gasteiger charge is -2.34. The summed E-state index contributed by atoms with van der Waals surface area (Å²) in [6.45, 7) is -0.341. The van der Waals surface area contributed by atoms with Crippen LogP contribution >= 0.6 is 0 Å². The Morgan fingerprint density at radius 3 is 1.35 bits per heavy atom. The van der Waals surface area contributed by atoms with E-state index in [1.165, 1.54) is 0 Å². The van der Waals surface area contributed by atoms with E-state index in [0.29, 0.717) is 11.5 Å². The van der Waals surface area contributed by atoms with E-state index in [0.717, 1.165) is 33.4 Å². The normalized spacial score (nSPS) is 12.7. The van der Waals surface area contributed by atoms with E-state index in [1.54, 1.807) is 0 Å². The lowest BCUT2D eigenvalue weighted by molar-refractivity contribution is -0.123. The van der Waals surface area contributed by atoms with Gasteiger partial charge in [0.15, 0.2) is 13.2 Å². The molecule has 0 aliphatic heterocycles. The average molecular weight is 495 g/mol. The number of hydrogen-bond donors (Lipinski definition) is 4. The van der Waals surface area contributed by atoms with Crippen LogP contribution in [0.2, 0.25) is 0 Å². The molecule has 0 unspecified atom stereocenters. The van der Waals surface area contributed by atoms with Gasteiger partial charge in [0.25, 0.3) is 11.8 Å². The molecule has 4 aromatic rings. The first-order chi connectivity index (χ1) is 18.1. The van der Waals surface area contributed by atoms with Gasteiger partial charge in [0, 0.05) is 0 Å². The summed E-state index contributed by atoms with van der Waals surface area (Å²) in [5.74, 6) is 10.6.